The van der Waals surface area contributed by atoms with E-state index in [4.69, 9.17) is 29.4 Å². The number of ether oxygens (including phenoxy) is 5. The van der Waals surface area contributed by atoms with Crippen LogP contribution in [0.1, 0.15) is 60.8 Å². The lowest BCUT2D eigenvalue weighted by Crippen LogP contribution is -2.38. The number of carbonyl (C=O) groups is 2. The number of cyclic esters (lactones) is 1. The van der Waals surface area contributed by atoms with Gasteiger partial charge in [-0.2, -0.15) is 0 Å². The van der Waals surface area contributed by atoms with Gasteiger partial charge in [-0.25, -0.2) is 0 Å². The van der Waals surface area contributed by atoms with Crippen LogP contribution in [0.3, 0.4) is 0 Å². The highest BCUT2D eigenvalue weighted by molar-refractivity contribution is 5.85. The van der Waals surface area contributed by atoms with Crippen LogP contribution in [0.4, 0.5) is 0 Å². The van der Waals surface area contributed by atoms with E-state index in [2.05, 4.69) is 10.6 Å². The van der Waals surface area contributed by atoms with Gasteiger partial charge in [-0.15, -0.1) is 0 Å². The minimum Gasteiger partial charge on any atom is -0.502 e. The zero-order valence-electron chi connectivity index (χ0n) is 23.4. The quantitative estimate of drug-likeness (QED) is 0.210. The standard InChI is InChI=1S/C30H37N3O8/c1-37-23-11-17(12-24(38-2)29(23)35)26-18-13-21-22(41-16-40-21)14-19(18)28(20-15-39-30(36)27(20)26)33-25(34)7-3-5-9-32-10-6-4-8-31/h11-15,26-28,32,35H,3-10,16,31H2,1-2H3,(H,33,34)/t26?,27-,28+/m0/s1. The summed E-state index contributed by atoms with van der Waals surface area (Å²) in [5, 5.41) is 17.0. The van der Waals surface area contributed by atoms with E-state index in [1.807, 2.05) is 12.1 Å². The molecule has 11 heteroatoms. The first-order valence-corrected chi connectivity index (χ1v) is 14.0. The largest absolute Gasteiger partial charge is 0.502 e. The number of benzene rings is 2. The van der Waals surface area contributed by atoms with E-state index in [1.54, 1.807) is 12.1 Å². The molecule has 5 rings (SSSR count). The normalized spacial score (nSPS) is 20.1. The summed E-state index contributed by atoms with van der Waals surface area (Å²) >= 11 is 0. The first-order valence-electron chi connectivity index (χ1n) is 14.0. The van der Waals surface area contributed by atoms with Crippen LogP contribution in [0.5, 0.6) is 28.7 Å². The number of amides is 1. The summed E-state index contributed by atoms with van der Waals surface area (Å²) in [6.45, 7) is 2.53. The van der Waals surface area contributed by atoms with Gasteiger partial charge in [0.25, 0.3) is 0 Å². The SMILES string of the molecule is COc1cc(C2c3cc4c(cc3[C@@H](NC(=O)CCCCNCCCCN)C3=COC(=O)[C@@H]32)OCO4)cc(OC)c1O. The van der Waals surface area contributed by atoms with Crippen molar-refractivity contribution in [1.29, 1.82) is 0 Å². The second kappa shape index (κ2) is 12.7. The zero-order valence-corrected chi connectivity index (χ0v) is 23.4. The van der Waals surface area contributed by atoms with Crippen molar-refractivity contribution in [3.63, 3.8) is 0 Å². The number of unbranched alkanes of at least 4 members (excludes halogenated alkanes) is 2. The molecule has 1 amide bonds. The van der Waals surface area contributed by atoms with Crippen LogP contribution < -0.4 is 35.3 Å². The molecule has 0 radical (unpaired) electrons. The predicted octanol–water partition coefficient (Wildman–Crippen LogP) is 3.00. The molecule has 3 atom stereocenters. The van der Waals surface area contributed by atoms with Crippen LogP contribution in [0, 0.1) is 5.92 Å². The molecule has 2 aliphatic heterocycles. The summed E-state index contributed by atoms with van der Waals surface area (Å²) in [6.07, 6.45) is 5.43. The van der Waals surface area contributed by atoms with Crippen LogP contribution in [0.15, 0.2) is 36.1 Å². The van der Waals surface area contributed by atoms with Gasteiger partial charge in [0.15, 0.2) is 23.0 Å². The molecule has 0 fully saturated rings. The van der Waals surface area contributed by atoms with Crippen molar-refractivity contribution in [2.45, 2.75) is 44.1 Å². The molecule has 5 N–H and O–H groups in total. The third kappa shape index (κ3) is 5.77. The molecular weight excluding hydrogens is 530 g/mol. The molecule has 220 valence electrons. The fourth-order valence-electron chi connectivity index (χ4n) is 5.75. The van der Waals surface area contributed by atoms with Crippen LogP contribution in [0.2, 0.25) is 0 Å². The van der Waals surface area contributed by atoms with E-state index in [9.17, 15) is 14.7 Å². The van der Waals surface area contributed by atoms with E-state index in [1.165, 1.54) is 20.5 Å². The summed E-state index contributed by atoms with van der Waals surface area (Å²) in [6, 6.07) is 6.49. The summed E-state index contributed by atoms with van der Waals surface area (Å²) < 4.78 is 27.6. The fourth-order valence-corrected chi connectivity index (χ4v) is 5.75. The number of nitrogens with two attached hydrogens (primary N) is 1. The van der Waals surface area contributed by atoms with E-state index < -0.39 is 23.8 Å². The Balaban J connectivity index is 1.43. The monoisotopic (exact) mass is 567 g/mol. The number of fused-ring (bicyclic) bond motifs is 3. The number of methoxy groups -OCH3 is 2. The Morgan fingerprint density at radius 3 is 2.29 bits per heavy atom. The maximum absolute atomic E-state index is 13.2. The fraction of sp³-hybridized carbons (Fsp3) is 0.467. The van der Waals surface area contributed by atoms with Gasteiger partial charge >= 0.3 is 5.97 Å². The Hall–Kier alpha value is -3.96. The molecule has 0 bridgehead atoms. The van der Waals surface area contributed by atoms with Crippen molar-refractivity contribution in [1.82, 2.24) is 10.6 Å². The molecule has 2 aromatic rings. The average molecular weight is 568 g/mol. The molecule has 1 aliphatic carbocycles. The van der Waals surface area contributed by atoms with Crippen LogP contribution in [-0.4, -0.2) is 57.6 Å². The number of hydrogen-bond acceptors (Lipinski definition) is 10. The number of carbonyl (C=O) groups excluding carboxylic acids is 2. The molecule has 41 heavy (non-hydrogen) atoms. The lowest BCUT2D eigenvalue weighted by molar-refractivity contribution is -0.139. The Morgan fingerprint density at radius 1 is 0.976 bits per heavy atom. The third-order valence-electron chi connectivity index (χ3n) is 7.80. The molecule has 0 spiro atoms. The second-order valence-corrected chi connectivity index (χ2v) is 10.3. The minimum absolute atomic E-state index is 0.0786. The zero-order chi connectivity index (χ0) is 28.9. The van der Waals surface area contributed by atoms with E-state index in [0.717, 1.165) is 49.9 Å². The lowest BCUT2D eigenvalue weighted by atomic mass is 9.68. The Labute approximate surface area is 238 Å². The van der Waals surface area contributed by atoms with Crippen molar-refractivity contribution in [2.24, 2.45) is 11.7 Å². The third-order valence-corrected chi connectivity index (χ3v) is 7.80. The topological polar surface area (TPSA) is 151 Å². The van der Waals surface area contributed by atoms with Crippen molar-refractivity contribution >= 4 is 11.9 Å². The van der Waals surface area contributed by atoms with Crippen molar-refractivity contribution in [3.05, 3.63) is 52.8 Å². The maximum atomic E-state index is 13.2. The number of nitrogens with one attached hydrogen (secondary N) is 2. The van der Waals surface area contributed by atoms with Crippen molar-refractivity contribution in [3.8, 4) is 28.7 Å². The summed E-state index contributed by atoms with van der Waals surface area (Å²) in [5.74, 6) is -0.396. The van der Waals surface area contributed by atoms with Gasteiger partial charge in [-0.05, 0) is 86.3 Å². The van der Waals surface area contributed by atoms with Crippen LogP contribution >= 0.6 is 0 Å². The molecule has 0 saturated heterocycles. The summed E-state index contributed by atoms with van der Waals surface area (Å²) in [7, 11) is 2.90. The highest BCUT2D eigenvalue weighted by Crippen LogP contribution is 2.55. The van der Waals surface area contributed by atoms with Gasteiger partial charge in [-0.3, -0.25) is 9.59 Å². The summed E-state index contributed by atoms with van der Waals surface area (Å²) in [4.78, 5) is 26.4. The lowest BCUT2D eigenvalue weighted by Gasteiger charge is -2.37. The van der Waals surface area contributed by atoms with Gasteiger partial charge < -0.3 is 45.2 Å². The van der Waals surface area contributed by atoms with Gasteiger partial charge in [0, 0.05) is 17.9 Å². The molecule has 2 heterocycles. The highest BCUT2D eigenvalue weighted by Gasteiger charge is 2.49. The van der Waals surface area contributed by atoms with Crippen molar-refractivity contribution in [2.75, 3.05) is 40.6 Å². The molecular formula is C30H37N3O8. The van der Waals surface area contributed by atoms with Gasteiger partial charge in [0.05, 0.1) is 32.4 Å². The molecule has 11 nitrogen and oxygen atoms in total. The molecule has 2 aromatic carbocycles. The van der Waals surface area contributed by atoms with E-state index >= 15 is 0 Å². The van der Waals surface area contributed by atoms with Gasteiger partial charge in [0.2, 0.25) is 18.4 Å². The van der Waals surface area contributed by atoms with E-state index in [0.29, 0.717) is 35.6 Å². The molecule has 0 saturated carbocycles. The predicted molar refractivity (Wildman–Crippen MR) is 149 cm³/mol. The van der Waals surface area contributed by atoms with Crippen molar-refractivity contribution < 1.29 is 38.4 Å². The number of phenols is 1. The molecule has 3 aliphatic rings. The number of aromatic hydroxyl groups is 1. The Bertz CT molecular complexity index is 1300. The second-order valence-electron chi connectivity index (χ2n) is 10.3. The number of esters is 1. The number of phenolic OH excluding ortho intramolecular Hbond substituents is 1. The van der Waals surface area contributed by atoms with Crippen LogP contribution in [0.25, 0.3) is 0 Å². The summed E-state index contributed by atoms with van der Waals surface area (Å²) in [5.41, 5.74) is 8.40. The molecule has 1 unspecified atom stereocenters. The minimum atomic E-state index is -0.718. The van der Waals surface area contributed by atoms with E-state index in [-0.39, 0.29) is 29.9 Å². The number of hydrogen-bond donors (Lipinski definition) is 4. The molecule has 0 aromatic heterocycles. The first-order chi connectivity index (χ1) is 20.0. The smallest absolute Gasteiger partial charge is 0.319 e. The maximum Gasteiger partial charge on any atom is 0.319 e. The highest BCUT2D eigenvalue weighted by atomic mass is 16.7. The number of rotatable bonds is 13. The average Bonchev–Trinajstić information content (AvgIpc) is 3.60. The Morgan fingerprint density at radius 2 is 1.63 bits per heavy atom. The van der Waals surface area contributed by atoms with Crippen LogP contribution in [-0.2, 0) is 14.3 Å². The van der Waals surface area contributed by atoms with Gasteiger partial charge in [0.1, 0.15) is 0 Å². The first kappa shape index (κ1) is 28.6. The van der Waals surface area contributed by atoms with Gasteiger partial charge in [-0.1, -0.05) is 0 Å². The Kier molecular flexibility index (Phi) is 8.84.